The van der Waals surface area contributed by atoms with Gasteiger partial charge in [-0.15, -0.1) is 0 Å². The number of nitrogens with one attached hydrogen (secondary N) is 1. The van der Waals surface area contributed by atoms with E-state index >= 15 is 0 Å². The minimum atomic E-state index is -0.902. The van der Waals surface area contributed by atoms with E-state index in [2.05, 4.69) is 24.3 Å². The Morgan fingerprint density at radius 1 is 0.935 bits per heavy atom. The fourth-order valence-electron chi connectivity index (χ4n) is 6.44. The van der Waals surface area contributed by atoms with Gasteiger partial charge in [0, 0.05) is 38.4 Å². The molecule has 2 aromatic rings. The van der Waals surface area contributed by atoms with Gasteiger partial charge in [-0.2, -0.15) is 0 Å². The molecule has 3 amide bonds. The minimum absolute atomic E-state index is 0.0689. The Kier molecular flexibility index (Phi) is 15.0. The van der Waals surface area contributed by atoms with Crippen molar-refractivity contribution in [3.8, 4) is 0 Å². The molecule has 0 unspecified atom stereocenters. The zero-order chi connectivity index (χ0) is 32.6. The summed E-state index contributed by atoms with van der Waals surface area (Å²) in [5.74, 6) is 0.0296. The van der Waals surface area contributed by atoms with Gasteiger partial charge in [0.1, 0.15) is 6.04 Å². The molecular formula is C37H54N4O5. The number of carbonyl (C=O) groups excluding carboxylic acids is 3. The molecule has 46 heavy (non-hydrogen) atoms. The molecule has 2 fully saturated rings. The van der Waals surface area contributed by atoms with Gasteiger partial charge in [0.15, 0.2) is 6.29 Å². The van der Waals surface area contributed by atoms with Crippen molar-refractivity contribution in [2.24, 2.45) is 11.8 Å². The van der Waals surface area contributed by atoms with Gasteiger partial charge in [-0.3, -0.25) is 24.4 Å². The summed E-state index contributed by atoms with van der Waals surface area (Å²) >= 11 is 0. The molecule has 1 aromatic heterocycles. The molecule has 2 aliphatic rings. The molecule has 0 radical (unpaired) electrons. The fourth-order valence-corrected chi connectivity index (χ4v) is 6.44. The van der Waals surface area contributed by atoms with E-state index in [1.807, 2.05) is 36.4 Å². The van der Waals surface area contributed by atoms with E-state index in [0.29, 0.717) is 44.1 Å². The molecule has 0 bridgehead atoms. The van der Waals surface area contributed by atoms with E-state index in [-0.39, 0.29) is 31.2 Å². The summed E-state index contributed by atoms with van der Waals surface area (Å²) in [5.41, 5.74) is 4.45. The summed E-state index contributed by atoms with van der Waals surface area (Å²) in [6.07, 6.45) is 15.4. The van der Waals surface area contributed by atoms with E-state index in [1.54, 1.807) is 18.5 Å². The first-order chi connectivity index (χ1) is 22.4. The Labute approximate surface area is 275 Å². The normalized spacial score (nSPS) is 17.8. The van der Waals surface area contributed by atoms with Gasteiger partial charge in [0.05, 0.1) is 6.42 Å². The average molecular weight is 635 g/mol. The van der Waals surface area contributed by atoms with Gasteiger partial charge in [-0.1, -0.05) is 95.2 Å². The Balaban J connectivity index is 1.63. The maximum Gasteiger partial charge on any atom is 0.268 e. The topological polar surface area (TPSA) is 101 Å². The number of nitrogens with zero attached hydrogens (tertiary/aromatic N) is 3. The zero-order valence-corrected chi connectivity index (χ0v) is 27.9. The molecule has 1 aliphatic heterocycles. The van der Waals surface area contributed by atoms with E-state index in [1.165, 1.54) is 42.1 Å². The summed E-state index contributed by atoms with van der Waals surface area (Å²) in [6.45, 7) is 4.99. The lowest BCUT2D eigenvalue weighted by atomic mass is 9.85. The minimum Gasteiger partial charge on any atom is -0.350 e. The van der Waals surface area contributed by atoms with Gasteiger partial charge in [-0.25, -0.2) is 15.3 Å². The molecule has 1 saturated carbocycles. The molecule has 1 saturated heterocycles. The molecule has 0 spiro atoms. The van der Waals surface area contributed by atoms with Crippen molar-refractivity contribution in [3.05, 3.63) is 66.0 Å². The first kappa shape index (κ1) is 35.6. The fraction of sp³-hybridized carbons (Fsp3) is 0.622. The summed E-state index contributed by atoms with van der Waals surface area (Å²) in [5, 5.41) is 3.01. The number of hydrogen-bond donors (Lipinski definition) is 1. The molecule has 9 heteroatoms. The number of aromatic nitrogens is 1. The van der Waals surface area contributed by atoms with Crippen molar-refractivity contribution < 1.29 is 24.0 Å². The van der Waals surface area contributed by atoms with Crippen LogP contribution in [0.4, 0.5) is 0 Å². The molecule has 252 valence electrons. The van der Waals surface area contributed by atoms with Crippen LogP contribution in [0, 0.1) is 11.8 Å². The van der Waals surface area contributed by atoms with Gasteiger partial charge in [-0.05, 0) is 61.1 Å². The van der Waals surface area contributed by atoms with Crippen LogP contribution in [0.1, 0.15) is 108 Å². The third-order valence-corrected chi connectivity index (χ3v) is 9.11. The molecule has 4 rings (SSSR count). The zero-order valence-electron chi connectivity index (χ0n) is 27.9. The Hall–Kier alpha value is -3.30. The number of benzene rings is 1. The summed E-state index contributed by atoms with van der Waals surface area (Å²) in [6, 6.07) is 12.7. The first-order valence-electron chi connectivity index (χ1n) is 17.5. The monoisotopic (exact) mass is 634 g/mol. The van der Waals surface area contributed by atoms with E-state index in [9.17, 15) is 14.4 Å². The molecule has 1 N–H and O–H groups in total. The van der Waals surface area contributed by atoms with E-state index in [4.69, 9.17) is 9.57 Å². The lowest BCUT2D eigenvalue weighted by molar-refractivity contribution is -0.206. The number of amides is 3. The van der Waals surface area contributed by atoms with Crippen LogP contribution in [-0.4, -0.2) is 58.2 Å². The van der Waals surface area contributed by atoms with Gasteiger partial charge < -0.3 is 4.74 Å². The van der Waals surface area contributed by atoms with Crippen LogP contribution in [0.25, 0.3) is 0 Å². The van der Waals surface area contributed by atoms with Crippen molar-refractivity contribution in [1.29, 1.82) is 0 Å². The number of hydrogen-bond acceptors (Lipinski definition) is 6. The van der Waals surface area contributed by atoms with Crippen LogP contribution < -0.4 is 5.48 Å². The summed E-state index contributed by atoms with van der Waals surface area (Å²) in [4.78, 5) is 52.5. The molecule has 2 atom stereocenters. The average Bonchev–Trinajstić information content (AvgIpc) is 3.08. The Bertz CT molecular complexity index is 1180. The Morgan fingerprint density at radius 3 is 2.39 bits per heavy atom. The summed E-state index contributed by atoms with van der Waals surface area (Å²) in [7, 11) is 0. The number of pyridine rings is 1. The SMILES string of the molecule is CC(C)CCC(=O)N([C@@H](CCCC1CCCCC1)C(=O)NO[C@@H]1CCCCO1)N(CCc1ccccc1)C(=O)Cc1cccnc1. The summed E-state index contributed by atoms with van der Waals surface area (Å²) < 4.78 is 5.69. The predicted molar refractivity (Wildman–Crippen MR) is 178 cm³/mol. The first-order valence-corrected chi connectivity index (χ1v) is 17.5. The molecule has 2 heterocycles. The second-order valence-electron chi connectivity index (χ2n) is 13.3. The van der Waals surface area contributed by atoms with Crippen molar-refractivity contribution >= 4 is 17.7 Å². The van der Waals surface area contributed by atoms with Crippen LogP contribution in [-0.2, 0) is 36.8 Å². The smallest absolute Gasteiger partial charge is 0.268 e. The van der Waals surface area contributed by atoms with Crippen LogP contribution in [0.3, 0.4) is 0 Å². The highest BCUT2D eigenvalue weighted by Crippen LogP contribution is 2.29. The van der Waals surface area contributed by atoms with Crippen molar-refractivity contribution in [2.45, 2.75) is 122 Å². The maximum atomic E-state index is 14.2. The van der Waals surface area contributed by atoms with Gasteiger partial charge >= 0.3 is 0 Å². The highest BCUT2D eigenvalue weighted by atomic mass is 16.8. The van der Waals surface area contributed by atoms with Crippen LogP contribution in [0.15, 0.2) is 54.9 Å². The van der Waals surface area contributed by atoms with Gasteiger partial charge in [0.25, 0.3) is 5.91 Å². The quantitative estimate of drug-likeness (QED) is 0.210. The lowest BCUT2D eigenvalue weighted by Crippen LogP contribution is -2.60. The van der Waals surface area contributed by atoms with Gasteiger partial charge in [0.2, 0.25) is 11.8 Å². The third-order valence-electron chi connectivity index (χ3n) is 9.11. The van der Waals surface area contributed by atoms with Crippen LogP contribution >= 0.6 is 0 Å². The molecule has 1 aromatic carbocycles. The second kappa shape index (κ2) is 19.4. The second-order valence-corrected chi connectivity index (χ2v) is 13.3. The van der Waals surface area contributed by atoms with Crippen LogP contribution in [0.2, 0.25) is 0 Å². The molecule has 1 aliphatic carbocycles. The van der Waals surface area contributed by atoms with E-state index in [0.717, 1.165) is 36.8 Å². The van der Waals surface area contributed by atoms with Crippen LogP contribution in [0.5, 0.6) is 0 Å². The molecular weight excluding hydrogens is 580 g/mol. The van der Waals surface area contributed by atoms with Crippen molar-refractivity contribution in [2.75, 3.05) is 13.2 Å². The number of hydrazine groups is 1. The number of hydroxylamine groups is 1. The lowest BCUT2D eigenvalue weighted by Gasteiger charge is -2.40. The Morgan fingerprint density at radius 2 is 1.70 bits per heavy atom. The highest BCUT2D eigenvalue weighted by Gasteiger charge is 2.37. The standard InChI is InChI=1S/C37H54N4O5/c1-29(2)21-22-34(42)41(40(25-23-31-15-7-4-8-16-31)35(43)27-32-18-12-24-38-28-32)33(19-11-17-30-13-5-3-6-14-30)37(44)39-46-36-20-9-10-26-45-36/h4,7-8,12,15-16,18,24,28-30,33,36H,3,5-6,9-11,13-14,17,19-23,25-27H2,1-2H3,(H,39,44)/t33-,36+/m0/s1. The largest absolute Gasteiger partial charge is 0.350 e. The number of rotatable bonds is 16. The predicted octanol–water partition coefficient (Wildman–Crippen LogP) is 6.57. The third kappa shape index (κ3) is 11.8. The number of carbonyl (C=O) groups is 3. The maximum absolute atomic E-state index is 14.2. The molecule has 9 nitrogen and oxygen atoms in total. The van der Waals surface area contributed by atoms with Crippen molar-refractivity contribution in [3.63, 3.8) is 0 Å². The number of ether oxygens (including phenoxy) is 1. The van der Waals surface area contributed by atoms with E-state index < -0.39 is 18.2 Å². The highest BCUT2D eigenvalue weighted by molar-refractivity contribution is 5.89. The van der Waals surface area contributed by atoms with Crippen molar-refractivity contribution in [1.82, 2.24) is 20.5 Å².